The summed E-state index contributed by atoms with van der Waals surface area (Å²) in [6.45, 7) is 2.97. The summed E-state index contributed by atoms with van der Waals surface area (Å²) in [5.74, 6) is -0.0339. The Kier molecular flexibility index (Phi) is 6.59. The highest BCUT2D eigenvalue weighted by Crippen LogP contribution is 2.20. The molecule has 3 aromatic rings. The number of methoxy groups -OCH3 is 1. The lowest BCUT2D eigenvalue weighted by Gasteiger charge is -2.12. The van der Waals surface area contributed by atoms with Crippen molar-refractivity contribution >= 4 is 45.0 Å². The number of thioether (sulfide) groups is 1. The van der Waals surface area contributed by atoms with E-state index in [0.717, 1.165) is 4.88 Å². The average Bonchev–Trinajstić information content (AvgIpc) is 3.07. The number of fused-ring (bicyclic) bond motifs is 1. The van der Waals surface area contributed by atoms with Crippen molar-refractivity contribution in [3.05, 3.63) is 45.7 Å². The number of aromatic nitrogens is 3. The highest BCUT2D eigenvalue weighted by Gasteiger charge is 2.14. The van der Waals surface area contributed by atoms with Gasteiger partial charge in [0.15, 0.2) is 10.3 Å². The van der Waals surface area contributed by atoms with Gasteiger partial charge in [0.2, 0.25) is 5.91 Å². The number of ether oxygens (including phenoxy) is 1. The van der Waals surface area contributed by atoms with Gasteiger partial charge in [-0.3, -0.25) is 14.2 Å². The van der Waals surface area contributed by atoms with Crippen LogP contribution in [0.4, 0.5) is 5.13 Å². The Balaban J connectivity index is 1.79. The van der Waals surface area contributed by atoms with Gasteiger partial charge in [0.25, 0.3) is 5.56 Å². The average molecular weight is 405 g/mol. The molecular weight excluding hydrogens is 384 g/mol. The molecule has 3 rings (SSSR count). The van der Waals surface area contributed by atoms with Crippen LogP contribution in [0.1, 0.15) is 11.3 Å². The molecule has 0 spiro atoms. The highest BCUT2D eigenvalue weighted by atomic mass is 32.2. The number of thiazole rings is 1. The summed E-state index contributed by atoms with van der Waals surface area (Å²) in [4.78, 5) is 34.8. The fourth-order valence-corrected chi connectivity index (χ4v) is 4.03. The fourth-order valence-electron chi connectivity index (χ4n) is 2.52. The molecule has 0 saturated carbocycles. The van der Waals surface area contributed by atoms with Crippen LogP contribution in [-0.4, -0.2) is 39.9 Å². The number of nitrogens with one attached hydrogen (secondary N) is 1. The number of benzene rings is 1. The lowest BCUT2D eigenvalue weighted by Crippen LogP contribution is -2.25. The van der Waals surface area contributed by atoms with Gasteiger partial charge in [-0.2, -0.15) is 0 Å². The van der Waals surface area contributed by atoms with Crippen molar-refractivity contribution in [2.75, 3.05) is 24.8 Å². The predicted octanol–water partition coefficient (Wildman–Crippen LogP) is 2.93. The SMILES string of the molecule is COCCCn1c(SCC(=O)Nc2ncc(C)s2)nc2ccccc2c1=O. The summed E-state index contributed by atoms with van der Waals surface area (Å²) < 4.78 is 6.70. The van der Waals surface area contributed by atoms with Crippen LogP contribution in [-0.2, 0) is 16.1 Å². The van der Waals surface area contributed by atoms with Crippen molar-refractivity contribution in [1.82, 2.24) is 14.5 Å². The summed E-state index contributed by atoms with van der Waals surface area (Å²) in [5, 5.41) is 4.44. The minimum absolute atomic E-state index is 0.102. The summed E-state index contributed by atoms with van der Waals surface area (Å²) in [7, 11) is 1.63. The van der Waals surface area contributed by atoms with Crippen LogP contribution >= 0.6 is 23.1 Å². The highest BCUT2D eigenvalue weighted by molar-refractivity contribution is 7.99. The van der Waals surface area contributed by atoms with Crippen LogP contribution < -0.4 is 10.9 Å². The summed E-state index contributed by atoms with van der Waals surface area (Å²) in [6.07, 6.45) is 2.40. The molecule has 1 amide bonds. The number of carbonyl (C=O) groups excluding carboxylic acids is 1. The number of amides is 1. The van der Waals surface area contributed by atoms with E-state index >= 15 is 0 Å². The topological polar surface area (TPSA) is 86.1 Å². The van der Waals surface area contributed by atoms with Crippen LogP contribution in [0.5, 0.6) is 0 Å². The van der Waals surface area contributed by atoms with Gasteiger partial charge in [-0.1, -0.05) is 23.9 Å². The maximum Gasteiger partial charge on any atom is 0.262 e. The zero-order valence-electron chi connectivity index (χ0n) is 15.1. The fraction of sp³-hybridized carbons (Fsp3) is 0.333. The first-order valence-electron chi connectivity index (χ1n) is 8.42. The van der Waals surface area contributed by atoms with Gasteiger partial charge in [-0.05, 0) is 25.5 Å². The van der Waals surface area contributed by atoms with E-state index in [4.69, 9.17) is 4.74 Å². The second-order valence-electron chi connectivity index (χ2n) is 5.83. The third-order valence-corrected chi connectivity index (χ3v) is 5.56. The monoisotopic (exact) mass is 404 g/mol. The van der Waals surface area contributed by atoms with E-state index in [1.807, 2.05) is 19.1 Å². The number of anilines is 1. The number of para-hydroxylation sites is 1. The lowest BCUT2D eigenvalue weighted by molar-refractivity contribution is -0.113. The molecule has 9 heteroatoms. The standard InChI is InChI=1S/C18H20N4O3S2/c1-12-10-19-17(27-12)21-15(23)11-26-18-20-14-7-4-3-6-13(14)16(24)22(18)8-5-9-25-2/h3-4,6-7,10H,5,8-9,11H2,1-2H3,(H,19,21,23). The van der Waals surface area contributed by atoms with E-state index < -0.39 is 0 Å². The van der Waals surface area contributed by atoms with Crippen LogP contribution in [0.2, 0.25) is 0 Å². The zero-order chi connectivity index (χ0) is 19.2. The van der Waals surface area contributed by atoms with Crippen LogP contribution in [0.3, 0.4) is 0 Å². The molecule has 0 fully saturated rings. The minimum Gasteiger partial charge on any atom is -0.385 e. The van der Waals surface area contributed by atoms with Gasteiger partial charge in [0, 0.05) is 31.3 Å². The molecular formula is C18H20N4O3S2. The normalized spacial score (nSPS) is 11.0. The first kappa shape index (κ1) is 19.5. The summed E-state index contributed by atoms with van der Waals surface area (Å²) >= 11 is 2.67. The quantitative estimate of drug-likeness (QED) is 0.353. The molecule has 0 unspecified atom stereocenters. The van der Waals surface area contributed by atoms with Gasteiger partial charge in [0.05, 0.1) is 16.7 Å². The van der Waals surface area contributed by atoms with E-state index in [9.17, 15) is 9.59 Å². The number of aryl methyl sites for hydroxylation is 1. The van der Waals surface area contributed by atoms with Crippen molar-refractivity contribution in [2.45, 2.75) is 25.0 Å². The van der Waals surface area contributed by atoms with Crippen molar-refractivity contribution in [1.29, 1.82) is 0 Å². The molecule has 0 aliphatic heterocycles. The van der Waals surface area contributed by atoms with E-state index in [-0.39, 0.29) is 17.2 Å². The number of hydrogen-bond donors (Lipinski definition) is 1. The smallest absolute Gasteiger partial charge is 0.262 e. The maximum absolute atomic E-state index is 12.8. The molecule has 0 aliphatic rings. The van der Waals surface area contributed by atoms with Crippen LogP contribution in [0.25, 0.3) is 10.9 Å². The molecule has 0 saturated heterocycles. The Bertz CT molecular complexity index is 1000. The zero-order valence-corrected chi connectivity index (χ0v) is 16.7. The van der Waals surface area contributed by atoms with E-state index in [0.29, 0.717) is 40.8 Å². The summed E-state index contributed by atoms with van der Waals surface area (Å²) in [5.41, 5.74) is 0.527. The molecule has 2 heterocycles. The van der Waals surface area contributed by atoms with Gasteiger partial charge in [-0.15, -0.1) is 11.3 Å². The molecule has 1 N–H and O–H groups in total. The third-order valence-electron chi connectivity index (χ3n) is 3.76. The first-order valence-corrected chi connectivity index (χ1v) is 10.2. The first-order chi connectivity index (χ1) is 13.1. The van der Waals surface area contributed by atoms with E-state index in [1.54, 1.807) is 30.0 Å². The Morgan fingerprint density at radius 1 is 1.37 bits per heavy atom. The van der Waals surface area contributed by atoms with Crippen molar-refractivity contribution < 1.29 is 9.53 Å². The number of hydrogen-bond acceptors (Lipinski definition) is 7. The molecule has 7 nitrogen and oxygen atoms in total. The number of carbonyl (C=O) groups is 1. The van der Waals surface area contributed by atoms with Gasteiger partial charge in [-0.25, -0.2) is 9.97 Å². The van der Waals surface area contributed by atoms with Gasteiger partial charge < -0.3 is 10.1 Å². The molecule has 1 aromatic carbocycles. The predicted molar refractivity (Wildman–Crippen MR) is 109 cm³/mol. The van der Waals surface area contributed by atoms with Crippen molar-refractivity contribution in [3.63, 3.8) is 0 Å². The van der Waals surface area contributed by atoms with Crippen LogP contribution in [0.15, 0.2) is 40.4 Å². The van der Waals surface area contributed by atoms with Gasteiger partial charge >= 0.3 is 0 Å². The second kappa shape index (κ2) is 9.12. The Labute approximate surface area is 164 Å². The molecule has 142 valence electrons. The largest absolute Gasteiger partial charge is 0.385 e. The lowest BCUT2D eigenvalue weighted by atomic mass is 10.2. The van der Waals surface area contributed by atoms with E-state index in [1.165, 1.54) is 23.1 Å². The molecule has 27 heavy (non-hydrogen) atoms. The molecule has 0 bridgehead atoms. The molecule has 0 aliphatic carbocycles. The molecule has 0 atom stereocenters. The van der Waals surface area contributed by atoms with E-state index in [2.05, 4.69) is 15.3 Å². The number of rotatable bonds is 8. The number of nitrogens with zero attached hydrogens (tertiary/aromatic N) is 3. The molecule has 2 aromatic heterocycles. The summed E-state index contributed by atoms with van der Waals surface area (Å²) in [6, 6.07) is 7.24. The Hall–Kier alpha value is -2.23. The third kappa shape index (κ3) is 4.94. The van der Waals surface area contributed by atoms with Crippen molar-refractivity contribution in [3.8, 4) is 0 Å². The minimum atomic E-state index is -0.180. The maximum atomic E-state index is 12.8. The van der Waals surface area contributed by atoms with Crippen molar-refractivity contribution in [2.24, 2.45) is 0 Å². The second-order valence-corrected chi connectivity index (χ2v) is 8.00. The molecule has 0 radical (unpaired) electrons. The Morgan fingerprint density at radius 2 is 2.19 bits per heavy atom. The van der Waals surface area contributed by atoms with Gasteiger partial charge in [0.1, 0.15) is 0 Å². The van der Waals surface area contributed by atoms with Crippen LogP contribution in [0, 0.1) is 6.92 Å². The Morgan fingerprint density at radius 3 is 2.93 bits per heavy atom.